The largest absolute Gasteiger partial charge is 0.548 e. The fraction of sp³-hybridized carbons (Fsp3) is 0.312. The Hall–Kier alpha value is -2.83. The highest BCUT2D eigenvalue weighted by Gasteiger charge is 2.15. The molecule has 1 N–H and O–H groups in total. The van der Waals surface area contributed by atoms with Gasteiger partial charge in [0.1, 0.15) is 11.3 Å². The number of hydrogen-bond acceptors (Lipinski definition) is 6. The lowest BCUT2D eigenvalue weighted by Gasteiger charge is -2.15. The number of aliphatic carboxylic acids is 1. The molecule has 0 radical (unpaired) electrons. The number of carboxylic acids is 1. The van der Waals surface area contributed by atoms with E-state index in [2.05, 4.69) is 5.32 Å². The summed E-state index contributed by atoms with van der Waals surface area (Å²) in [6.07, 6.45) is -0.912. The van der Waals surface area contributed by atoms with Crippen LogP contribution >= 0.6 is 0 Å². The minimum Gasteiger partial charge on any atom is -0.548 e. The van der Waals surface area contributed by atoms with Gasteiger partial charge >= 0.3 is 5.63 Å². The third-order valence-corrected chi connectivity index (χ3v) is 3.52. The molecule has 0 unspecified atom stereocenters. The van der Waals surface area contributed by atoms with Crippen molar-refractivity contribution < 1.29 is 23.8 Å². The quantitative estimate of drug-likeness (QED) is 0.780. The number of benzene rings is 1. The summed E-state index contributed by atoms with van der Waals surface area (Å²) < 4.78 is 10.7. The fourth-order valence-electron chi connectivity index (χ4n) is 2.06. The smallest absolute Gasteiger partial charge is 0.339 e. The number of aryl methyl sites for hydroxylation is 1. The molecule has 1 amide bonds. The lowest BCUT2D eigenvalue weighted by atomic mass is 10.1. The number of carboxylic acid groups (broad SMARTS) is 1. The van der Waals surface area contributed by atoms with Crippen molar-refractivity contribution in [3.63, 3.8) is 0 Å². The van der Waals surface area contributed by atoms with Crippen molar-refractivity contribution in [1.29, 1.82) is 0 Å². The van der Waals surface area contributed by atoms with Gasteiger partial charge in [0.15, 0.2) is 6.10 Å². The van der Waals surface area contributed by atoms with Gasteiger partial charge in [0.05, 0.1) is 12.5 Å². The number of nitrogens with one attached hydrogen (secondary N) is 1. The Bertz CT molecular complexity index is 823. The average molecular weight is 318 g/mol. The summed E-state index contributed by atoms with van der Waals surface area (Å²) in [6.45, 7) is 4.41. The minimum atomic E-state index is -1.39. The maximum Gasteiger partial charge on any atom is 0.339 e. The zero-order chi connectivity index (χ0) is 17.1. The Morgan fingerprint density at radius 3 is 2.65 bits per heavy atom. The van der Waals surface area contributed by atoms with Crippen molar-refractivity contribution in [2.24, 2.45) is 0 Å². The van der Waals surface area contributed by atoms with Gasteiger partial charge in [-0.05, 0) is 38.5 Å². The predicted molar refractivity (Wildman–Crippen MR) is 80.1 cm³/mol. The first kappa shape index (κ1) is 16.5. The first-order chi connectivity index (χ1) is 10.8. The number of fused-ring (bicyclic) bond motifs is 1. The maximum atomic E-state index is 11.7. The van der Waals surface area contributed by atoms with Crippen LogP contribution in [0, 0.1) is 13.8 Å². The Morgan fingerprint density at radius 1 is 1.30 bits per heavy atom. The van der Waals surface area contributed by atoms with Crippen LogP contribution in [0.15, 0.2) is 27.4 Å². The van der Waals surface area contributed by atoms with Crippen LogP contribution in [-0.4, -0.2) is 24.5 Å². The van der Waals surface area contributed by atoms with Gasteiger partial charge in [-0.25, -0.2) is 4.79 Å². The van der Waals surface area contributed by atoms with Crippen molar-refractivity contribution in [2.45, 2.75) is 26.9 Å². The Kier molecular flexibility index (Phi) is 4.68. The van der Waals surface area contributed by atoms with Gasteiger partial charge < -0.3 is 24.4 Å². The number of amides is 1. The highest BCUT2D eigenvalue weighted by Crippen LogP contribution is 2.24. The first-order valence-corrected chi connectivity index (χ1v) is 6.98. The van der Waals surface area contributed by atoms with Crippen LogP contribution < -0.4 is 20.8 Å². The summed E-state index contributed by atoms with van der Waals surface area (Å²) >= 11 is 0. The molecule has 0 fully saturated rings. The van der Waals surface area contributed by atoms with E-state index in [1.54, 1.807) is 19.1 Å². The number of hydrogen-bond donors (Lipinski definition) is 1. The Labute approximate surface area is 131 Å². The molecule has 1 aromatic carbocycles. The van der Waals surface area contributed by atoms with Crippen LogP contribution in [0.2, 0.25) is 0 Å². The standard InChI is InChI=1S/C16H17NO6/c1-8-9(2)16(21)23-13-6-11(4-5-12(8)13)22-10(3)15(20)17-7-14(18)19/h4-6,10H,7H2,1-3H3,(H,17,20)(H,18,19)/p-1/t10-/m1/s1. The zero-order valence-electron chi connectivity index (χ0n) is 13.0. The van der Waals surface area contributed by atoms with Crippen LogP contribution in [-0.2, 0) is 9.59 Å². The predicted octanol–water partition coefficient (Wildman–Crippen LogP) is 0.0432. The van der Waals surface area contributed by atoms with Gasteiger partial charge in [-0.3, -0.25) is 4.79 Å². The molecule has 0 aliphatic carbocycles. The molecule has 2 rings (SSSR count). The lowest BCUT2D eigenvalue weighted by Crippen LogP contribution is -2.43. The lowest BCUT2D eigenvalue weighted by molar-refractivity contribution is -0.304. The minimum absolute atomic E-state index is 0.333. The summed E-state index contributed by atoms with van der Waals surface area (Å²) in [6, 6.07) is 4.91. The molecule has 23 heavy (non-hydrogen) atoms. The van der Waals surface area contributed by atoms with Crippen LogP contribution in [0.5, 0.6) is 5.75 Å². The van der Waals surface area contributed by atoms with E-state index in [4.69, 9.17) is 9.15 Å². The average Bonchev–Trinajstić information content (AvgIpc) is 2.50. The van der Waals surface area contributed by atoms with Crippen LogP contribution in [0.1, 0.15) is 18.1 Å². The molecular formula is C16H16NO6-. The third-order valence-electron chi connectivity index (χ3n) is 3.52. The van der Waals surface area contributed by atoms with Crippen molar-refractivity contribution >= 4 is 22.8 Å². The molecule has 7 heteroatoms. The van der Waals surface area contributed by atoms with E-state index in [0.29, 0.717) is 16.9 Å². The molecule has 1 atom stereocenters. The number of carbonyl (C=O) groups excluding carboxylic acids is 2. The number of rotatable bonds is 5. The van der Waals surface area contributed by atoms with E-state index in [1.807, 2.05) is 6.92 Å². The van der Waals surface area contributed by atoms with Crippen LogP contribution in [0.3, 0.4) is 0 Å². The van der Waals surface area contributed by atoms with Crippen molar-refractivity contribution in [3.05, 3.63) is 39.7 Å². The molecule has 0 saturated heterocycles. The van der Waals surface area contributed by atoms with Gasteiger partial charge in [-0.15, -0.1) is 0 Å². The number of ether oxygens (including phenoxy) is 1. The summed E-state index contributed by atoms with van der Waals surface area (Å²) in [7, 11) is 0. The maximum absolute atomic E-state index is 11.7. The van der Waals surface area contributed by atoms with E-state index in [1.165, 1.54) is 13.0 Å². The molecule has 2 aromatic rings. The highest BCUT2D eigenvalue weighted by atomic mass is 16.5. The molecule has 0 saturated carbocycles. The summed E-state index contributed by atoms with van der Waals surface area (Å²) in [5.74, 6) is -1.64. The molecule has 0 aliphatic heterocycles. The summed E-state index contributed by atoms with van der Waals surface area (Å²) in [5, 5.41) is 13.3. The molecule has 0 spiro atoms. The fourth-order valence-corrected chi connectivity index (χ4v) is 2.06. The highest BCUT2D eigenvalue weighted by molar-refractivity contribution is 5.85. The van der Waals surface area contributed by atoms with Crippen molar-refractivity contribution in [3.8, 4) is 5.75 Å². The second kappa shape index (κ2) is 6.51. The SMILES string of the molecule is Cc1c(C)c2ccc(O[C@H](C)C(=O)NCC(=O)[O-])cc2oc1=O. The van der Waals surface area contributed by atoms with Gasteiger partial charge in [-0.2, -0.15) is 0 Å². The molecule has 0 aliphatic rings. The monoisotopic (exact) mass is 318 g/mol. The number of carbonyl (C=O) groups is 2. The molecule has 1 heterocycles. The molecule has 7 nitrogen and oxygen atoms in total. The van der Waals surface area contributed by atoms with Crippen LogP contribution in [0.4, 0.5) is 0 Å². The first-order valence-electron chi connectivity index (χ1n) is 6.98. The third kappa shape index (κ3) is 3.68. The molecule has 122 valence electrons. The summed E-state index contributed by atoms with van der Waals surface area (Å²) in [5.41, 5.74) is 1.30. The van der Waals surface area contributed by atoms with Gasteiger partial charge in [0, 0.05) is 17.0 Å². The van der Waals surface area contributed by atoms with E-state index >= 15 is 0 Å². The van der Waals surface area contributed by atoms with Gasteiger partial charge in [-0.1, -0.05) is 0 Å². The van der Waals surface area contributed by atoms with Gasteiger partial charge in [0.25, 0.3) is 5.91 Å². The second-order valence-electron chi connectivity index (χ2n) is 5.15. The van der Waals surface area contributed by atoms with E-state index in [-0.39, 0.29) is 0 Å². The van der Waals surface area contributed by atoms with Crippen molar-refractivity contribution in [2.75, 3.05) is 6.54 Å². The molecule has 0 bridgehead atoms. The molecular weight excluding hydrogens is 302 g/mol. The van der Waals surface area contributed by atoms with E-state index in [9.17, 15) is 19.5 Å². The van der Waals surface area contributed by atoms with E-state index < -0.39 is 30.2 Å². The summed E-state index contributed by atoms with van der Waals surface area (Å²) in [4.78, 5) is 33.7. The topological polar surface area (TPSA) is 109 Å². The Balaban J connectivity index is 2.21. The van der Waals surface area contributed by atoms with Crippen LogP contribution in [0.25, 0.3) is 11.0 Å². The van der Waals surface area contributed by atoms with E-state index in [0.717, 1.165) is 10.9 Å². The van der Waals surface area contributed by atoms with Gasteiger partial charge in [0.2, 0.25) is 0 Å². The van der Waals surface area contributed by atoms with Crippen molar-refractivity contribution in [1.82, 2.24) is 5.32 Å². The normalized spacial score (nSPS) is 12.0. The molecule has 1 aromatic heterocycles. The Morgan fingerprint density at radius 2 is 2.00 bits per heavy atom. The zero-order valence-corrected chi connectivity index (χ0v) is 13.0. The second-order valence-corrected chi connectivity index (χ2v) is 5.15.